The summed E-state index contributed by atoms with van der Waals surface area (Å²) >= 11 is 0. The van der Waals surface area contributed by atoms with Crippen LogP contribution in [0.15, 0.2) is 18.2 Å². The lowest BCUT2D eigenvalue weighted by molar-refractivity contribution is -0.136. The number of hydrogen-bond acceptors (Lipinski definition) is 9. The van der Waals surface area contributed by atoms with Crippen LogP contribution in [-0.2, 0) is 14.3 Å². The fraction of sp³-hybridized carbons (Fsp3) is 0.686. The number of amides is 5. The van der Waals surface area contributed by atoms with E-state index in [1.165, 1.54) is 19.3 Å². The van der Waals surface area contributed by atoms with Crippen molar-refractivity contribution in [1.82, 2.24) is 24.9 Å². The number of benzene rings is 1. The second-order valence-corrected chi connectivity index (χ2v) is 14.2. The highest BCUT2D eigenvalue weighted by Gasteiger charge is 2.46. The van der Waals surface area contributed by atoms with Crippen LogP contribution in [0.3, 0.4) is 0 Å². The molecule has 0 spiro atoms. The summed E-state index contributed by atoms with van der Waals surface area (Å²) in [5.41, 5.74) is -0.0181. The van der Waals surface area contributed by atoms with E-state index in [-0.39, 0.29) is 30.1 Å². The van der Waals surface area contributed by atoms with E-state index in [4.69, 9.17) is 9.47 Å². The third kappa shape index (κ3) is 8.90. The molecule has 1 atom stereocenters. The number of carbonyl (C=O) groups excluding carboxylic acids is 5. The second kappa shape index (κ2) is 15.6. The first-order valence-corrected chi connectivity index (χ1v) is 17.4. The molecule has 0 radical (unpaired) electrons. The number of rotatable bonds is 12. The molecule has 12 heteroatoms. The number of imide groups is 2. The molecular weight excluding hydrogens is 602 g/mol. The SMILES string of the molecule is CC(C)(C)OC(=O)N1CCC(N2CCN(CCCCCCCCOc3cccc4c3C(=O)N(C3CCC(=O)NC3=O)C4=O)CC2)CC1. The van der Waals surface area contributed by atoms with Crippen LogP contribution in [-0.4, -0.2) is 119 Å². The average molecular weight is 654 g/mol. The molecule has 1 aromatic rings. The van der Waals surface area contributed by atoms with Crippen LogP contribution in [0.2, 0.25) is 0 Å². The number of hydrogen-bond donors (Lipinski definition) is 1. The van der Waals surface area contributed by atoms with E-state index in [0.29, 0.717) is 18.4 Å². The van der Waals surface area contributed by atoms with E-state index in [1.807, 2.05) is 25.7 Å². The summed E-state index contributed by atoms with van der Waals surface area (Å²) in [6.07, 6.45) is 8.60. The van der Waals surface area contributed by atoms with Crippen LogP contribution < -0.4 is 10.1 Å². The summed E-state index contributed by atoms with van der Waals surface area (Å²) in [6.45, 7) is 13.2. The molecule has 0 aliphatic carbocycles. The lowest BCUT2D eigenvalue weighted by atomic mass is 10.0. The van der Waals surface area contributed by atoms with Gasteiger partial charge in [0.1, 0.15) is 17.4 Å². The van der Waals surface area contributed by atoms with E-state index in [9.17, 15) is 24.0 Å². The Morgan fingerprint density at radius 1 is 0.851 bits per heavy atom. The van der Waals surface area contributed by atoms with Gasteiger partial charge in [-0.2, -0.15) is 0 Å². The molecule has 3 fully saturated rings. The van der Waals surface area contributed by atoms with Gasteiger partial charge >= 0.3 is 6.09 Å². The van der Waals surface area contributed by atoms with Gasteiger partial charge in [0.25, 0.3) is 11.8 Å². The molecule has 4 aliphatic rings. The zero-order valence-electron chi connectivity index (χ0n) is 28.3. The molecule has 1 aromatic carbocycles. The summed E-state index contributed by atoms with van der Waals surface area (Å²) in [6, 6.07) is 4.52. The molecule has 47 heavy (non-hydrogen) atoms. The fourth-order valence-corrected chi connectivity index (χ4v) is 7.02. The highest BCUT2D eigenvalue weighted by Crippen LogP contribution is 2.33. The van der Waals surface area contributed by atoms with E-state index in [1.54, 1.807) is 18.2 Å². The van der Waals surface area contributed by atoms with Gasteiger partial charge in [-0.25, -0.2) is 4.79 Å². The normalized spacial score (nSPS) is 21.6. The first kappa shape index (κ1) is 34.8. The smallest absolute Gasteiger partial charge is 0.410 e. The van der Waals surface area contributed by atoms with Crippen molar-refractivity contribution in [3.63, 3.8) is 0 Å². The monoisotopic (exact) mass is 653 g/mol. The van der Waals surface area contributed by atoms with Crippen LogP contribution in [0.4, 0.5) is 4.79 Å². The minimum atomic E-state index is -0.987. The quantitative estimate of drug-likeness (QED) is 0.265. The summed E-state index contributed by atoms with van der Waals surface area (Å²) in [7, 11) is 0. The van der Waals surface area contributed by atoms with Crippen molar-refractivity contribution >= 4 is 29.7 Å². The first-order chi connectivity index (χ1) is 22.5. The summed E-state index contributed by atoms with van der Waals surface area (Å²) in [4.78, 5) is 70.4. The zero-order chi connectivity index (χ0) is 33.6. The molecule has 5 amide bonds. The number of fused-ring (bicyclic) bond motifs is 1. The lowest BCUT2D eigenvalue weighted by Gasteiger charge is -2.42. The second-order valence-electron chi connectivity index (χ2n) is 14.2. The van der Waals surface area contributed by atoms with Crippen LogP contribution >= 0.6 is 0 Å². The first-order valence-electron chi connectivity index (χ1n) is 17.4. The number of nitrogens with one attached hydrogen (secondary N) is 1. The maximum absolute atomic E-state index is 13.2. The van der Waals surface area contributed by atoms with Crippen LogP contribution in [0.5, 0.6) is 5.75 Å². The molecule has 4 heterocycles. The number of unbranched alkanes of at least 4 members (excludes halogenated alkanes) is 5. The Morgan fingerprint density at radius 2 is 1.53 bits per heavy atom. The molecule has 1 N–H and O–H groups in total. The van der Waals surface area contributed by atoms with Crippen molar-refractivity contribution in [3.8, 4) is 5.75 Å². The molecular formula is C35H51N5O7. The van der Waals surface area contributed by atoms with Crippen molar-refractivity contribution in [2.24, 2.45) is 0 Å². The Labute approximate surface area is 278 Å². The van der Waals surface area contributed by atoms with Gasteiger partial charge < -0.3 is 19.3 Å². The maximum Gasteiger partial charge on any atom is 0.410 e. The maximum atomic E-state index is 13.2. The van der Waals surface area contributed by atoms with Crippen molar-refractivity contribution in [3.05, 3.63) is 29.3 Å². The van der Waals surface area contributed by atoms with Gasteiger partial charge in [-0.05, 0) is 71.6 Å². The van der Waals surface area contributed by atoms with Gasteiger partial charge in [-0.1, -0.05) is 31.7 Å². The van der Waals surface area contributed by atoms with Crippen molar-refractivity contribution in [2.75, 3.05) is 52.4 Å². The van der Waals surface area contributed by atoms with Gasteiger partial charge in [0, 0.05) is 51.7 Å². The van der Waals surface area contributed by atoms with Crippen molar-refractivity contribution in [2.45, 2.75) is 103 Å². The Balaban J connectivity index is 0.919. The molecule has 0 bridgehead atoms. The number of piperazine rings is 1. The molecule has 12 nitrogen and oxygen atoms in total. The largest absolute Gasteiger partial charge is 0.493 e. The fourth-order valence-electron chi connectivity index (χ4n) is 7.02. The summed E-state index contributed by atoms with van der Waals surface area (Å²) in [5, 5.41) is 2.22. The van der Waals surface area contributed by atoms with E-state index in [2.05, 4.69) is 15.1 Å². The third-order valence-corrected chi connectivity index (χ3v) is 9.60. The Bertz CT molecular complexity index is 1310. The molecule has 3 saturated heterocycles. The predicted molar refractivity (Wildman–Crippen MR) is 175 cm³/mol. The zero-order valence-corrected chi connectivity index (χ0v) is 28.3. The third-order valence-electron chi connectivity index (χ3n) is 9.60. The van der Waals surface area contributed by atoms with Crippen LogP contribution in [0, 0.1) is 0 Å². The minimum Gasteiger partial charge on any atom is -0.493 e. The van der Waals surface area contributed by atoms with Gasteiger partial charge in [0.2, 0.25) is 11.8 Å². The highest BCUT2D eigenvalue weighted by molar-refractivity contribution is 6.24. The Kier molecular flexibility index (Phi) is 11.5. The van der Waals surface area contributed by atoms with E-state index in [0.717, 1.165) is 82.8 Å². The molecule has 0 aromatic heterocycles. The molecule has 4 aliphatic heterocycles. The van der Waals surface area contributed by atoms with Gasteiger partial charge in [-0.3, -0.25) is 34.3 Å². The standard InChI is InChI=1S/C35H51N5O7/c1-35(2,3)47-34(45)39-18-15-25(16-19-39)38-22-20-37(21-23-38)17-8-6-4-5-7-9-24-46-28-12-10-11-26-30(28)33(44)40(32(26)43)27-13-14-29(41)36-31(27)42/h10-12,25,27H,4-9,13-24H2,1-3H3,(H,36,41,42). The molecule has 5 rings (SSSR count). The number of nitrogens with zero attached hydrogens (tertiary/aromatic N) is 4. The Morgan fingerprint density at radius 3 is 2.21 bits per heavy atom. The van der Waals surface area contributed by atoms with Crippen LogP contribution in [0.1, 0.15) is 106 Å². The van der Waals surface area contributed by atoms with E-state index < -0.39 is 35.3 Å². The van der Waals surface area contributed by atoms with Gasteiger partial charge in [0.05, 0.1) is 17.7 Å². The topological polar surface area (TPSA) is 129 Å². The van der Waals surface area contributed by atoms with Crippen molar-refractivity contribution in [1.29, 1.82) is 0 Å². The number of piperidine rings is 2. The van der Waals surface area contributed by atoms with Crippen molar-refractivity contribution < 1.29 is 33.4 Å². The van der Waals surface area contributed by atoms with Crippen LogP contribution in [0.25, 0.3) is 0 Å². The predicted octanol–water partition coefficient (Wildman–Crippen LogP) is 3.82. The number of ether oxygens (including phenoxy) is 2. The molecule has 1 unspecified atom stereocenters. The lowest BCUT2D eigenvalue weighted by Crippen LogP contribution is -2.54. The van der Waals surface area contributed by atoms with E-state index >= 15 is 0 Å². The minimum absolute atomic E-state index is 0.0879. The highest BCUT2D eigenvalue weighted by atomic mass is 16.6. The average Bonchev–Trinajstić information content (AvgIpc) is 3.29. The molecule has 0 saturated carbocycles. The molecule has 258 valence electrons. The Hall–Kier alpha value is -3.51. The summed E-state index contributed by atoms with van der Waals surface area (Å²) in [5.74, 6) is -1.72. The number of likely N-dealkylation sites (tertiary alicyclic amines) is 1. The van der Waals surface area contributed by atoms with Gasteiger partial charge in [0.15, 0.2) is 0 Å². The number of carbonyl (C=O) groups is 5. The van der Waals surface area contributed by atoms with Gasteiger partial charge in [-0.15, -0.1) is 0 Å². The summed E-state index contributed by atoms with van der Waals surface area (Å²) < 4.78 is 11.5.